The van der Waals surface area contributed by atoms with E-state index in [4.69, 9.17) is 10.00 Å². The Morgan fingerprint density at radius 3 is 2.94 bits per heavy atom. The molecule has 4 heteroatoms. The Labute approximate surface area is 111 Å². The van der Waals surface area contributed by atoms with Gasteiger partial charge in [-0.15, -0.1) is 0 Å². The van der Waals surface area contributed by atoms with Crippen LogP contribution in [0.15, 0.2) is 28.7 Å². The summed E-state index contributed by atoms with van der Waals surface area (Å²) in [5.41, 5.74) is 0. The predicted molar refractivity (Wildman–Crippen MR) is 72.0 cm³/mol. The smallest absolute Gasteiger partial charge is 0.120 e. The van der Waals surface area contributed by atoms with Crippen molar-refractivity contribution in [3.63, 3.8) is 0 Å². The summed E-state index contributed by atoms with van der Waals surface area (Å²) in [6.07, 6.45) is 0.549. The summed E-state index contributed by atoms with van der Waals surface area (Å²) in [5, 5.41) is 8.61. The largest absolute Gasteiger partial charge is 0.492 e. The fourth-order valence-electron chi connectivity index (χ4n) is 1.37. The Hall–Kier alpha value is -1.05. The van der Waals surface area contributed by atoms with Crippen LogP contribution >= 0.6 is 15.9 Å². The van der Waals surface area contributed by atoms with Crippen molar-refractivity contribution in [2.24, 2.45) is 0 Å². The summed E-state index contributed by atoms with van der Waals surface area (Å²) in [6.45, 7) is 3.49. The molecule has 1 aromatic carbocycles. The molecule has 3 nitrogen and oxygen atoms in total. The van der Waals surface area contributed by atoms with Crippen LogP contribution in [0, 0.1) is 11.3 Å². The highest BCUT2D eigenvalue weighted by molar-refractivity contribution is 9.10. The first kappa shape index (κ1) is 14.0. The van der Waals surface area contributed by atoms with Crippen molar-refractivity contribution in [2.45, 2.75) is 19.4 Å². The van der Waals surface area contributed by atoms with Crippen LogP contribution in [0.4, 0.5) is 0 Å². The van der Waals surface area contributed by atoms with Crippen molar-refractivity contribution in [3.8, 4) is 11.8 Å². The average Bonchev–Trinajstić information content (AvgIpc) is 2.29. The molecule has 0 amide bonds. The van der Waals surface area contributed by atoms with E-state index in [0.717, 1.165) is 16.8 Å². The van der Waals surface area contributed by atoms with Gasteiger partial charge < -0.3 is 4.74 Å². The summed E-state index contributed by atoms with van der Waals surface area (Å²) in [5.74, 6) is 0.862. The van der Waals surface area contributed by atoms with Crippen molar-refractivity contribution >= 4 is 15.9 Å². The molecule has 0 saturated carbocycles. The summed E-state index contributed by atoms with van der Waals surface area (Å²) in [4.78, 5) is 2.13. The molecule has 92 valence electrons. The van der Waals surface area contributed by atoms with Crippen LogP contribution in [0.5, 0.6) is 5.75 Å². The van der Waals surface area contributed by atoms with Crippen LogP contribution in [-0.4, -0.2) is 31.1 Å². The minimum atomic E-state index is 0.270. The van der Waals surface area contributed by atoms with Gasteiger partial charge in [0.15, 0.2) is 0 Å². The zero-order valence-electron chi connectivity index (χ0n) is 10.2. The number of hydrogen-bond acceptors (Lipinski definition) is 3. The van der Waals surface area contributed by atoms with Gasteiger partial charge in [-0.3, -0.25) is 4.90 Å². The molecular formula is C13H17BrN2O. The first-order valence-corrected chi connectivity index (χ1v) is 6.38. The number of benzene rings is 1. The molecule has 0 aliphatic carbocycles. The molecule has 1 unspecified atom stereocenters. The van der Waals surface area contributed by atoms with Crippen molar-refractivity contribution in [1.82, 2.24) is 4.90 Å². The summed E-state index contributed by atoms with van der Waals surface area (Å²) >= 11 is 3.40. The van der Waals surface area contributed by atoms with E-state index in [2.05, 4.69) is 26.9 Å². The van der Waals surface area contributed by atoms with E-state index in [-0.39, 0.29) is 6.04 Å². The Morgan fingerprint density at radius 2 is 2.29 bits per heavy atom. The van der Waals surface area contributed by atoms with Crippen LogP contribution in [-0.2, 0) is 0 Å². The van der Waals surface area contributed by atoms with Crippen LogP contribution < -0.4 is 4.74 Å². The second-order valence-electron chi connectivity index (χ2n) is 4.00. The maximum absolute atomic E-state index is 8.61. The third kappa shape index (κ3) is 5.20. The highest BCUT2D eigenvalue weighted by atomic mass is 79.9. The van der Waals surface area contributed by atoms with Gasteiger partial charge in [0.1, 0.15) is 12.4 Å². The van der Waals surface area contributed by atoms with Gasteiger partial charge >= 0.3 is 0 Å². The fourth-order valence-corrected chi connectivity index (χ4v) is 1.75. The van der Waals surface area contributed by atoms with Crippen molar-refractivity contribution < 1.29 is 4.74 Å². The summed E-state index contributed by atoms with van der Waals surface area (Å²) < 4.78 is 6.65. The molecule has 0 heterocycles. The Morgan fingerprint density at radius 1 is 1.53 bits per heavy atom. The van der Waals surface area contributed by atoms with Crippen LogP contribution in [0.2, 0.25) is 0 Å². The first-order chi connectivity index (χ1) is 8.13. The monoisotopic (exact) mass is 296 g/mol. The molecule has 1 rings (SSSR count). The predicted octanol–water partition coefficient (Wildman–Crippen LogP) is 3.06. The van der Waals surface area contributed by atoms with E-state index >= 15 is 0 Å². The minimum Gasteiger partial charge on any atom is -0.492 e. The molecule has 0 aromatic heterocycles. The van der Waals surface area contributed by atoms with Gasteiger partial charge in [-0.2, -0.15) is 5.26 Å². The van der Waals surface area contributed by atoms with Gasteiger partial charge in [-0.1, -0.05) is 22.0 Å². The van der Waals surface area contributed by atoms with Gasteiger partial charge in [0.25, 0.3) is 0 Å². The first-order valence-electron chi connectivity index (χ1n) is 5.59. The lowest BCUT2D eigenvalue weighted by atomic mass is 10.2. The van der Waals surface area contributed by atoms with Gasteiger partial charge in [-0.25, -0.2) is 0 Å². The molecule has 0 spiro atoms. The van der Waals surface area contributed by atoms with Crippen LogP contribution in [0.3, 0.4) is 0 Å². The zero-order chi connectivity index (χ0) is 12.7. The maximum Gasteiger partial charge on any atom is 0.120 e. The van der Waals surface area contributed by atoms with E-state index in [1.54, 1.807) is 0 Å². The van der Waals surface area contributed by atoms with Gasteiger partial charge in [0, 0.05) is 17.1 Å². The number of ether oxygens (including phenoxy) is 1. The second kappa shape index (κ2) is 7.31. The molecule has 0 bridgehead atoms. The second-order valence-corrected chi connectivity index (χ2v) is 4.91. The molecule has 0 N–H and O–H groups in total. The van der Waals surface area contributed by atoms with Crippen molar-refractivity contribution in [2.75, 3.05) is 20.2 Å². The van der Waals surface area contributed by atoms with Gasteiger partial charge in [0.2, 0.25) is 0 Å². The van der Waals surface area contributed by atoms with Crippen LogP contribution in [0.25, 0.3) is 0 Å². The van der Waals surface area contributed by atoms with E-state index in [0.29, 0.717) is 13.0 Å². The van der Waals surface area contributed by atoms with E-state index in [1.807, 2.05) is 38.2 Å². The van der Waals surface area contributed by atoms with Gasteiger partial charge in [-0.05, 0) is 32.2 Å². The molecule has 0 radical (unpaired) electrons. The molecule has 1 atom stereocenters. The lowest BCUT2D eigenvalue weighted by Crippen LogP contribution is -2.32. The molecule has 0 saturated heterocycles. The highest BCUT2D eigenvalue weighted by Gasteiger charge is 2.08. The molecule has 0 aliphatic rings. The maximum atomic E-state index is 8.61. The van der Waals surface area contributed by atoms with E-state index < -0.39 is 0 Å². The number of hydrogen-bond donors (Lipinski definition) is 0. The number of rotatable bonds is 6. The third-order valence-electron chi connectivity index (χ3n) is 2.65. The summed E-state index contributed by atoms with van der Waals surface area (Å²) in [7, 11) is 2.01. The van der Waals surface area contributed by atoms with E-state index in [1.165, 1.54) is 0 Å². The van der Waals surface area contributed by atoms with E-state index in [9.17, 15) is 0 Å². The highest BCUT2D eigenvalue weighted by Crippen LogP contribution is 2.17. The molecule has 0 aliphatic heterocycles. The minimum absolute atomic E-state index is 0.270. The molecular weight excluding hydrogens is 280 g/mol. The average molecular weight is 297 g/mol. The lowest BCUT2D eigenvalue weighted by molar-refractivity contribution is 0.201. The Kier molecular flexibility index (Phi) is 6.03. The Balaban J connectivity index is 2.31. The number of halogens is 1. The Bertz CT molecular complexity index is 389. The SMILES string of the molecule is CC(CC#N)N(C)CCOc1cccc(Br)c1. The number of nitrogens with zero attached hydrogens (tertiary/aromatic N) is 2. The quantitative estimate of drug-likeness (QED) is 0.809. The lowest BCUT2D eigenvalue weighted by Gasteiger charge is -2.22. The van der Waals surface area contributed by atoms with Gasteiger partial charge in [0.05, 0.1) is 12.5 Å². The third-order valence-corrected chi connectivity index (χ3v) is 3.14. The fraction of sp³-hybridized carbons (Fsp3) is 0.462. The number of nitriles is 1. The molecule has 0 fully saturated rings. The zero-order valence-corrected chi connectivity index (χ0v) is 11.8. The van der Waals surface area contributed by atoms with Crippen molar-refractivity contribution in [3.05, 3.63) is 28.7 Å². The number of likely N-dealkylation sites (N-methyl/N-ethyl adjacent to an activating group) is 1. The topological polar surface area (TPSA) is 36.3 Å². The van der Waals surface area contributed by atoms with Crippen LogP contribution in [0.1, 0.15) is 13.3 Å². The molecule has 1 aromatic rings. The normalized spacial score (nSPS) is 12.2. The molecule has 17 heavy (non-hydrogen) atoms. The summed E-state index contributed by atoms with van der Waals surface area (Å²) in [6, 6.07) is 10.2. The standard InChI is InChI=1S/C13H17BrN2O/c1-11(6-7-15)16(2)8-9-17-13-5-3-4-12(14)10-13/h3-5,10-11H,6,8-9H2,1-2H3. The van der Waals surface area contributed by atoms with Crippen molar-refractivity contribution in [1.29, 1.82) is 5.26 Å².